The Kier molecular flexibility index (Phi) is 5.28. The molecule has 3 rings (SSSR count). The highest BCUT2D eigenvalue weighted by atomic mass is 16.5. The molecule has 0 fully saturated rings. The molecular weight excluding hydrogens is 340 g/mol. The van der Waals surface area contributed by atoms with Gasteiger partial charge in [0.15, 0.2) is 0 Å². The SMILES string of the molecule is CCOC(=O)C1=C(c2ccccc2)OC(N)=C(C#N)[C@@H]1c1ccccc1C. The number of hydrogen-bond donors (Lipinski definition) is 1. The number of esters is 1. The van der Waals surface area contributed by atoms with Gasteiger partial charge >= 0.3 is 5.97 Å². The summed E-state index contributed by atoms with van der Waals surface area (Å²) in [5.74, 6) is -0.861. The summed E-state index contributed by atoms with van der Waals surface area (Å²) in [6, 6.07) is 18.9. The van der Waals surface area contributed by atoms with Gasteiger partial charge in [0.05, 0.1) is 18.1 Å². The van der Waals surface area contributed by atoms with Crippen molar-refractivity contribution in [1.29, 1.82) is 5.26 Å². The monoisotopic (exact) mass is 360 g/mol. The van der Waals surface area contributed by atoms with Crippen LogP contribution in [0.3, 0.4) is 0 Å². The van der Waals surface area contributed by atoms with Gasteiger partial charge in [-0.2, -0.15) is 5.26 Å². The maximum absolute atomic E-state index is 12.9. The van der Waals surface area contributed by atoms with Crippen molar-refractivity contribution in [2.24, 2.45) is 5.73 Å². The third-order valence-corrected chi connectivity index (χ3v) is 4.45. The molecule has 2 aromatic carbocycles. The van der Waals surface area contributed by atoms with Crippen LogP contribution in [-0.4, -0.2) is 12.6 Å². The molecule has 0 unspecified atom stereocenters. The molecule has 0 radical (unpaired) electrons. The van der Waals surface area contributed by atoms with E-state index in [9.17, 15) is 10.1 Å². The third kappa shape index (κ3) is 3.42. The van der Waals surface area contributed by atoms with Crippen LogP contribution in [0.25, 0.3) is 5.76 Å². The van der Waals surface area contributed by atoms with Crippen molar-refractivity contribution in [2.45, 2.75) is 19.8 Å². The molecule has 0 amide bonds. The number of aryl methyl sites for hydroxylation is 1. The molecule has 27 heavy (non-hydrogen) atoms. The maximum Gasteiger partial charge on any atom is 0.338 e. The van der Waals surface area contributed by atoms with Gasteiger partial charge in [0.2, 0.25) is 5.88 Å². The third-order valence-electron chi connectivity index (χ3n) is 4.45. The number of rotatable bonds is 4. The summed E-state index contributed by atoms with van der Waals surface area (Å²) in [6.07, 6.45) is 0. The number of carbonyl (C=O) groups is 1. The maximum atomic E-state index is 12.9. The molecule has 1 heterocycles. The summed E-state index contributed by atoms with van der Waals surface area (Å²) in [4.78, 5) is 12.9. The van der Waals surface area contributed by atoms with Gasteiger partial charge in [0.1, 0.15) is 17.4 Å². The van der Waals surface area contributed by atoms with Crippen LogP contribution in [-0.2, 0) is 14.3 Å². The molecule has 0 saturated heterocycles. The van der Waals surface area contributed by atoms with E-state index < -0.39 is 11.9 Å². The van der Waals surface area contributed by atoms with Gasteiger partial charge in [-0.15, -0.1) is 0 Å². The summed E-state index contributed by atoms with van der Waals surface area (Å²) in [5, 5.41) is 9.73. The van der Waals surface area contributed by atoms with Gasteiger partial charge < -0.3 is 15.2 Å². The first kappa shape index (κ1) is 18.3. The van der Waals surface area contributed by atoms with E-state index in [2.05, 4.69) is 6.07 Å². The quantitative estimate of drug-likeness (QED) is 0.839. The van der Waals surface area contributed by atoms with Gasteiger partial charge in [0.25, 0.3) is 0 Å². The van der Waals surface area contributed by atoms with E-state index in [1.54, 1.807) is 6.92 Å². The minimum absolute atomic E-state index is 0.00217. The van der Waals surface area contributed by atoms with Crippen LogP contribution in [0.1, 0.15) is 29.5 Å². The van der Waals surface area contributed by atoms with Crippen molar-refractivity contribution in [3.05, 3.63) is 88.3 Å². The lowest BCUT2D eigenvalue weighted by Crippen LogP contribution is -2.26. The summed E-state index contributed by atoms with van der Waals surface area (Å²) in [6.45, 7) is 3.88. The fourth-order valence-electron chi connectivity index (χ4n) is 3.20. The fraction of sp³-hybridized carbons (Fsp3) is 0.182. The molecule has 5 nitrogen and oxygen atoms in total. The Morgan fingerprint density at radius 3 is 2.48 bits per heavy atom. The minimum atomic E-state index is -0.654. The molecule has 0 spiro atoms. The van der Waals surface area contributed by atoms with Gasteiger partial charge in [-0.05, 0) is 25.0 Å². The second-order valence-electron chi connectivity index (χ2n) is 6.11. The Morgan fingerprint density at radius 2 is 1.85 bits per heavy atom. The van der Waals surface area contributed by atoms with Crippen LogP contribution in [0, 0.1) is 18.3 Å². The zero-order valence-electron chi connectivity index (χ0n) is 15.2. The Balaban J connectivity index is 2.31. The number of ether oxygens (including phenoxy) is 2. The number of carbonyl (C=O) groups excluding carboxylic acids is 1. The molecule has 1 atom stereocenters. The summed E-state index contributed by atoms with van der Waals surface area (Å²) >= 11 is 0. The Labute approximate surface area is 158 Å². The summed E-state index contributed by atoms with van der Waals surface area (Å²) in [7, 11) is 0. The number of allylic oxidation sites excluding steroid dienone is 1. The molecule has 0 aliphatic carbocycles. The van der Waals surface area contributed by atoms with Crippen LogP contribution < -0.4 is 5.73 Å². The molecule has 136 valence electrons. The number of nitriles is 1. The lowest BCUT2D eigenvalue weighted by atomic mass is 9.80. The first-order valence-corrected chi connectivity index (χ1v) is 8.68. The predicted molar refractivity (Wildman–Crippen MR) is 102 cm³/mol. The molecule has 0 bridgehead atoms. The predicted octanol–water partition coefficient (Wildman–Crippen LogP) is 3.78. The lowest BCUT2D eigenvalue weighted by molar-refractivity contribution is -0.138. The van der Waals surface area contributed by atoms with Crippen LogP contribution in [0.2, 0.25) is 0 Å². The van der Waals surface area contributed by atoms with E-state index in [-0.39, 0.29) is 23.6 Å². The summed E-state index contributed by atoms with van der Waals surface area (Å²) < 4.78 is 11.1. The van der Waals surface area contributed by atoms with Crippen LogP contribution in [0.5, 0.6) is 0 Å². The minimum Gasteiger partial charge on any atom is -0.463 e. The van der Waals surface area contributed by atoms with E-state index in [1.807, 2.05) is 61.5 Å². The smallest absolute Gasteiger partial charge is 0.338 e. The van der Waals surface area contributed by atoms with Crippen molar-refractivity contribution in [3.8, 4) is 6.07 Å². The largest absolute Gasteiger partial charge is 0.463 e. The molecule has 0 saturated carbocycles. The Bertz CT molecular complexity index is 969. The van der Waals surface area contributed by atoms with Crippen molar-refractivity contribution < 1.29 is 14.3 Å². The van der Waals surface area contributed by atoms with Gasteiger partial charge in [0, 0.05) is 5.56 Å². The van der Waals surface area contributed by atoms with Crippen LogP contribution >= 0.6 is 0 Å². The Hall–Kier alpha value is -3.52. The average Bonchev–Trinajstić information content (AvgIpc) is 2.68. The zero-order valence-corrected chi connectivity index (χ0v) is 15.2. The standard InChI is InChI=1S/C22H20N2O3/c1-3-26-22(25)19-18(16-12-8-7-9-14(16)2)17(13-23)21(24)27-20(19)15-10-5-4-6-11-15/h4-12,18H,3,24H2,1-2H3/t18-/m0/s1. The fourth-order valence-corrected chi connectivity index (χ4v) is 3.20. The molecule has 5 heteroatoms. The van der Waals surface area contributed by atoms with Crippen LogP contribution in [0.15, 0.2) is 71.6 Å². The van der Waals surface area contributed by atoms with E-state index in [0.29, 0.717) is 11.3 Å². The van der Waals surface area contributed by atoms with Crippen molar-refractivity contribution >= 4 is 11.7 Å². The highest BCUT2D eigenvalue weighted by Gasteiger charge is 2.38. The second kappa shape index (κ2) is 7.79. The lowest BCUT2D eigenvalue weighted by Gasteiger charge is -2.29. The zero-order chi connectivity index (χ0) is 19.4. The first-order chi connectivity index (χ1) is 13.1. The van der Waals surface area contributed by atoms with E-state index >= 15 is 0 Å². The highest BCUT2D eigenvalue weighted by Crippen LogP contribution is 2.43. The number of nitrogens with zero attached hydrogens (tertiary/aromatic N) is 1. The molecule has 2 N–H and O–H groups in total. The average molecular weight is 360 g/mol. The normalized spacial score (nSPS) is 16.6. The second-order valence-corrected chi connectivity index (χ2v) is 6.11. The van der Waals surface area contributed by atoms with E-state index in [4.69, 9.17) is 15.2 Å². The highest BCUT2D eigenvalue weighted by molar-refractivity contribution is 6.00. The number of nitrogens with two attached hydrogens (primary N) is 1. The molecule has 0 aromatic heterocycles. The van der Waals surface area contributed by atoms with E-state index in [0.717, 1.165) is 11.1 Å². The first-order valence-electron chi connectivity index (χ1n) is 8.68. The van der Waals surface area contributed by atoms with Gasteiger partial charge in [-0.1, -0.05) is 54.6 Å². The molecule has 1 aliphatic rings. The molecular formula is C22H20N2O3. The van der Waals surface area contributed by atoms with Crippen molar-refractivity contribution in [3.63, 3.8) is 0 Å². The van der Waals surface area contributed by atoms with Crippen molar-refractivity contribution in [1.82, 2.24) is 0 Å². The number of benzene rings is 2. The summed E-state index contributed by atoms with van der Waals surface area (Å²) in [5.41, 5.74) is 9.02. The molecule has 2 aromatic rings. The Morgan fingerprint density at radius 1 is 1.19 bits per heavy atom. The van der Waals surface area contributed by atoms with Gasteiger partial charge in [-0.3, -0.25) is 0 Å². The van der Waals surface area contributed by atoms with Gasteiger partial charge in [-0.25, -0.2) is 4.79 Å². The van der Waals surface area contributed by atoms with Crippen LogP contribution in [0.4, 0.5) is 0 Å². The topological polar surface area (TPSA) is 85.3 Å². The van der Waals surface area contributed by atoms with Crippen molar-refractivity contribution in [2.75, 3.05) is 6.61 Å². The molecule has 1 aliphatic heterocycles. The van der Waals surface area contributed by atoms with E-state index in [1.165, 1.54) is 0 Å². The number of hydrogen-bond acceptors (Lipinski definition) is 5.